The number of fused-ring (bicyclic) bond motifs is 1. The minimum Gasteiger partial charge on any atom is -0.353 e. The maximum atomic E-state index is 13.0. The molecule has 5 nitrogen and oxygen atoms in total. The molecule has 5 heteroatoms. The smallest absolute Gasteiger partial charge is 0.273 e. The van der Waals surface area contributed by atoms with Crippen molar-refractivity contribution in [2.75, 3.05) is 13.1 Å². The first-order chi connectivity index (χ1) is 10.6. The van der Waals surface area contributed by atoms with E-state index in [4.69, 9.17) is 0 Å². The lowest BCUT2D eigenvalue weighted by atomic mass is 9.98. The number of amides is 2. The molecule has 0 radical (unpaired) electrons. The standard InChI is InChI=1S/C17H19N3O2/c1-11(2)15-16(21)19-9-10-20(15)17(22)14-13-6-4-3-5-12(13)7-8-18-14/h3-8,11,15H,9-10H2,1-2H3,(H,19,21). The molecule has 2 amide bonds. The van der Waals surface area contributed by atoms with Gasteiger partial charge in [-0.2, -0.15) is 0 Å². The van der Waals surface area contributed by atoms with Crippen molar-refractivity contribution < 1.29 is 9.59 Å². The van der Waals surface area contributed by atoms with Crippen LogP contribution in [0.1, 0.15) is 24.3 Å². The quantitative estimate of drug-likeness (QED) is 0.920. The van der Waals surface area contributed by atoms with Crippen LogP contribution in [0.15, 0.2) is 36.5 Å². The average Bonchev–Trinajstić information content (AvgIpc) is 2.53. The third kappa shape index (κ3) is 2.43. The Morgan fingerprint density at radius 2 is 2.09 bits per heavy atom. The van der Waals surface area contributed by atoms with Crippen molar-refractivity contribution in [1.82, 2.24) is 15.2 Å². The van der Waals surface area contributed by atoms with Crippen LogP contribution in [0.3, 0.4) is 0 Å². The minimum absolute atomic E-state index is 0.0548. The molecule has 0 spiro atoms. The summed E-state index contributed by atoms with van der Waals surface area (Å²) >= 11 is 0. The fraction of sp³-hybridized carbons (Fsp3) is 0.353. The number of carbonyl (C=O) groups excluding carboxylic acids is 2. The first-order valence-electron chi connectivity index (χ1n) is 7.52. The monoisotopic (exact) mass is 297 g/mol. The second-order valence-corrected chi connectivity index (χ2v) is 5.86. The number of carbonyl (C=O) groups is 2. The van der Waals surface area contributed by atoms with Crippen LogP contribution < -0.4 is 5.32 Å². The van der Waals surface area contributed by atoms with Gasteiger partial charge in [0.15, 0.2) is 0 Å². The van der Waals surface area contributed by atoms with Crippen molar-refractivity contribution >= 4 is 22.6 Å². The van der Waals surface area contributed by atoms with Gasteiger partial charge >= 0.3 is 0 Å². The number of benzene rings is 1. The summed E-state index contributed by atoms with van der Waals surface area (Å²) in [5, 5.41) is 4.63. The summed E-state index contributed by atoms with van der Waals surface area (Å²) in [6, 6.07) is 9.11. The van der Waals surface area contributed by atoms with Crippen molar-refractivity contribution in [3.8, 4) is 0 Å². The number of pyridine rings is 1. The van der Waals surface area contributed by atoms with Gasteiger partial charge < -0.3 is 10.2 Å². The highest BCUT2D eigenvalue weighted by Crippen LogP contribution is 2.21. The van der Waals surface area contributed by atoms with E-state index in [1.807, 2.05) is 44.2 Å². The van der Waals surface area contributed by atoms with E-state index in [1.165, 1.54) is 0 Å². The van der Waals surface area contributed by atoms with Crippen LogP contribution >= 0.6 is 0 Å². The second-order valence-electron chi connectivity index (χ2n) is 5.86. The molecule has 1 saturated heterocycles. The van der Waals surface area contributed by atoms with Gasteiger partial charge in [0.1, 0.15) is 11.7 Å². The van der Waals surface area contributed by atoms with Gasteiger partial charge in [0.25, 0.3) is 5.91 Å². The zero-order chi connectivity index (χ0) is 15.7. The molecule has 22 heavy (non-hydrogen) atoms. The van der Waals surface area contributed by atoms with Crippen LogP contribution in [0.5, 0.6) is 0 Å². The van der Waals surface area contributed by atoms with Crippen LogP contribution in [0, 0.1) is 5.92 Å². The highest BCUT2D eigenvalue weighted by Gasteiger charge is 2.36. The summed E-state index contributed by atoms with van der Waals surface area (Å²) in [4.78, 5) is 31.0. The summed E-state index contributed by atoms with van der Waals surface area (Å²) in [5.74, 6) is -0.209. The van der Waals surface area contributed by atoms with E-state index in [0.717, 1.165) is 10.8 Å². The van der Waals surface area contributed by atoms with E-state index >= 15 is 0 Å². The summed E-state index contributed by atoms with van der Waals surface area (Å²) in [7, 11) is 0. The highest BCUT2D eigenvalue weighted by molar-refractivity contribution is 6.06. The summed E-state index contributed by atoms with van der Waals surface area (Å²) in [6.07, 6.45) is 1.64. The summed E-state index contributed by atoms with van der Waals surface area (Å²) < 4.78 is 0. The van der Waals surface area contributed by atoms with Gasteiger partial charge in [0.05, 0.1) is 0 Å². The molecule has 1 N–H and O–H groups in total. The van der Waals surface area contributed by atoms with Crippen LogP contribution in [-0.4, -0.2) is 40.8 Å². The molecule has 1 aliphatic rings. The molecule has 2 aromatic rings. The summed E-state index contributed by atoms with van der Waals surface area (Å²) in [5.41, 5.74) is 0.415. The topological polar surface area (TPSA) is 62.3 Å². The van der Waals surface area contributed by atoms with Crippen molar-refractivity contribution in [2.45, 2.75) is 19.9 Å². The number of nitrogens with one attached hydrogen (secondary N) is 1. The normalized spacial score (nSPS) is 18.6. The van der Waals surface area contributed by atoms with Crippen LogP contribution in [0.2, 0.25) is 0 Å². The van der Waals surface area contributed by atoms with Gasteiger partial charge in [-0.3, -0.25) is 14.6 Å². The van der Waals surface area contributed by atoms with Gasteiger partial charge in [-0.1, -0.05) is 38.1 Å². The van der Waals surface area contributed by atoms with Crippen molar-refractivity contribution in [1.29, 1.82) is 0 Å². The third-order valence-electron chi connectivity index (χ3n) is 4.02. The van der Waals surface area contributed by atoms with E-state index in [2.05, 4.69) is 10.3 Å². The van der Waals surface area contributed by atoms with Crippen molar-refractivity contribution in [3.05, 3.63) is 42.2 Å². The molecular formula is C17H19N3O2. The number of hydrogen-bond donors (Lipinski definition) is 1. The van der Waals surface area contributed by atoms with E-state index in [1.54, 1.807) is 11.1 Å². The Hall–Kier alpha value is -2.43. The molecule has 3 rings (SSSR count). The van der Waals surface area contributed by atoms with Crippen molar-refractivity contribution in [2.24, 2.45) is 5.92 Å². The summed E-state index contributed by atoms with van der Waals surface area (Å²) in [6.45, 7) is 4.90. The molecule has 0 bridgehead atoms. The molecule has 0 aliphatic carbocycles. The third-order valence-corrected chi connectivity index (χ3v) is 4.02. The SMILES string of the molecule is CC(C)C1C(=O)NCCN1C(=O)c1nccc2ccccc12. The zero-order valence-corrected chi connectivity index (χ0v) is 12.7. The maximum Gasteiger partial charge on any atom is 0.273 e. The van der Waals surface area contributed by atoms with Gasteiger partial charge in [0.2, 0.25) is 5.91 Å². The van der Waals surface area contributed by atoms with E-state index in [9.17, 15) is 9.59 Å². The number of hydrogen-bond acceptors (Lipinski definition) is 3. The lowest BCUT2D eigenvalue weighted by Crippen LogP contribution is -2.59. The number of rotatable bonds is 2. The zero-order valence-electron chi connectivity index (χ0n) is 12.7. The number of nitrogens with zero attached hydrogens (tertiary/aromatic N) is 2. The molecule has 114 valence electrons. The molecule has 2 heterocycles. The Kier molecular flexibility index (Phi) is 3.79. The lowest BCUT2D eigenvalue weighted by molar-refractivity contribution is -0.129. The molecule has 0 saturated carbocycles. The molecule has 1 aromatic heterocycles. The van der Waals surface area contributed by atoms with Crippen LogP contribution in [-0.2, 0) is 4.79 Å². The van der Waals surface area contributed by atoms with Crippen LogP contribution in [0.4, 0.5) is 0 Å². The fourth-order valence-electron chi connectivity index (χ4n) is 3.00. The van der Waals surface area contributed by atoms with Crippen LogP contribution in [0.25, 0.3) is 10.8 Å². The Labute approximate surface area is 129 Å². The Balaban J connectivity index is 2.03. The minimum atomic E-state index is -0.443. The van der Waals surface area contributed by atoms with Gasteiger partial charge in [-0.15, -0.1) is 0 Å². The van der Waals surface area contributed by atoms with Gasteiger partial charge in [0, 0.05) is 24.7 Å². The lowest BCUT2D eigenvalue weighted by Gasteiger charge is -2.37. The average molecular weight is 297 g/mol. The molecule has 1 unspecified atom stereocenters. The highest BCUT2D eigenvalue weighted by atomic mass is 16.2. The first-order valence-corrected chi connectivity index (χ1v) is 7.52. The van der Waals surface area contributed by atoms with Gasteiger partial charge in [-0.25, -0.2) is 0 Å². The fourth-order valence-corrected chi connectivity index (χ4v) is 3.00. The van der Waals surface area contributed by atoms with Crippen molar-refractivity contribution in [3.63, 3.8) is 0 Å². The van der Waals surface area contributed by atoms with E-state index in [0.29, 0.717) is 18.8 Å². The predicted octanol–water partition coefficient (Wildman–Crippen LogP) is 1.83. The largest absolute Gasteiger partial charge is 0.353 e. The second kappa shape index (κ2) is 5.75. The molecular weight excluding hydrogens is 278 g/mol. The predicted molar refractivity (Wildman–Crippen MR) is 84.4 cm³/mol. The Morgan fingerprint density at radius 3 is 2.86 bits per heavy atom. The first kappa shape index (κ1) is 14.5. The molecule has 1 aliphatic heterocycles. The number of piperazine rings is 1. The molecule has 1 aromatic carbocycles. The molecule has 1 fully saturated rings. The number of aromatic nitrogens is 1. The van der Waals surface area contributed by atoms with Gasteiger partial charge in [-0.05, 0) is 17.4 Å². The van der Waals surface area contributed by atoms with E-state index in [-0.39, 0.29) is 17.7 Å². The molecule has 1 atom stereocenters. The Bertz CT molecular complexity index is 721. The Morgan fingerprint density at radius 1 is 1.32 bits per heavy atom. The maximum absolute atomic E-state index is 13.0. The van der Waals surface area contributed by atoms with E-state index < -0.39 is 6.04 Å².